The highest BCUT2D eigenvalue weighted by atomic mass is 16.7. The highest BCUT2D eigenvalue weighted by molar-refractivity contribution is 5.77. The van der Waals surface area contributed by atoms with Crippen LogP contribution in [-0.2, 0) is 19.1 Å². The van der Waals surface area contributed by atoms with Crippen LogP contribution in [0.15, 0.2) is 0 Å². The highest BCUT2D eigenvalue weighted by Gasteiger charge is 2.30. The van der Waals surface area contributed by atoms with Crippen LogP contribution in [-0.4, -0.2) is 46.9 Å². The third-order valence-corrected chi connectivity index (χ3v) is 3.66. The van der Waals surface area contributed by atoms with Gasteiger partial charge in [0, 0.05) is 12.0 Å². The monoisotopic (exact) mass is 315 g/mol. The number of hydrogen-bond donors (Lipinski definition) is 1. The van der Waals surface area contributed by atoms with E-state index in [1.165, 1.54) is 0 Å². The van der Waals surface area contributed by atoms with E-state index in [4.69, 9.17) is 14.6 Å². The van der Waals surface area contributed by atoms with Gasteiger partial charge in [-0.15, -0.1) is 0 Å². The number of esters is 1. The van der Waals surface area contributed by atoms with E-state index in [1.54, 1.807) is 20.8 Å². The van der Waals surface area contributed by atoms with Crippen molar-refractivity contribution in [1.82, 2.24) is 4.90 Å². The molecule has 1 fully saturated rings. The predicted octanol–water partition coefficient (Wildman–Crippen LogP) is 2.39. The van der Waals surface area contributed by atoms with E-state index in [1.807, 2.05) is 0 Å². The smallest absolute Gasteiger partial charge is 0.413 e. The quantitative estimate of drug-likeness (QED) is 0.597. The van der Waals surface area contributed by atoms with Gasteiger partial charge in [-0.2, -0.15) is 0 Å². The first-order valence-corrected chi connectivity index (χ1v) is 7.52. The van der Waals surface area contributed by atoms with Crippen LogP contribution in [0.2, 0.25) is 0 Å². The fraction of sp³-hybridized carbons (Fsp3) is 0.800. The normalized spacial score (nSPS) is 15.4. The van der Waals surface area contributed by atoms with Crippen LogP contribution in [0.5, 0.6) is 0 Å². The molecule has 1 N–H and O–H groups in total. The summed E-state index contributed by atoms with van der Waals surface area (Å²) in [5, 5.41) is 8.83. The molecule has 7 nitrogen and oxygen atoms in total. The van der Waals surface area contributed by atoms with E-state index in [0.717, 1.165) is 30.6 Å². The third-order valence-electron chi connectivity index (χ3n) is 3.66. The van der Waals surface area contributed by atoms with Crippen molar-refractivity contribution in [3.8, 4) is 0 Å². The molecule has 0 aromatic rings. The largest absolute Gasteiger partial charge is 0.480 e. The van der Waals surface area contributed by atoms with Crippen LogP contribution in [0.25, 0.3) is 0 Å². The molecule has 1 saturated carbocycles. The average Bonchev–Trinajstić information content (AvgIpc) is 2.87. The number of aliphatic carboxylic acids is 1. The number of carboxylic acids is 1. The summed E-state index contributed by atoms with van der Waals surface area (Å²) in [5.74, 6) is -1.16. The Balaban J connectivity index is 2.36. The maximum Gasteiger partial charge on any atom is 0.413 e. The molecule has 0 saturated heterocycles. The lowest BCUT2D eigenvalue weighted by molar-refractivity contribution is -0.154. The summed E-state index contributed by atoms with van der Waals surface area (Å²) in [5.41, 5.74) is -0.705. The second-order valence-corrected chi connectivity index (χ2v) is 6.55. The summed E-state index contributed by atoms with van der Waals surface area (Å²) in [4.78, 5) is 35.4. The SMILES string of the molecule is CC(C)(C)N(CC(=O)O)C(=O)OCOC(=O)CC1CCCC1. The number of carbonyl (C=O) groups is 3. The van der Waals surface area contributed by atoms with Crippen LogP contribution < -0.4 is 0 Å². The van der Waals surface area contributed by atoms with Gasteiger partial charge < -0.3 is 14.6 Å². The average molecular weight is 315 g/mol. The Hall–Kier alpha value is -1.79. The van der Waals surface area contributed by atoms with Crippen molar-refractivity contribution < 1.29 is 29.0 Å². The van der Waals surface area contributed by atoms with Crippen molar-refractivity contribution in [3.05, 3.63) is 0 Å². The van der Waals surface area contributed by atoms with Crippen molar-refractivity contribution in [2.45, 2.75) is 58.4 Å². The molecule has 1 aliphatic rings. The zero-order valence-electron chi connectivity index (χ0n) is 13.5. The Morgan fingerprint density at radius 1 is 1.14 bits per heavy atom. The van der Waals surface area contributed by atoms with Crippen LogP contribution in [0.4, 0.5) is 4.79 Å². The van der Waals surface area contributed by atoms with Crippen molar-refractivity contribution in [2.24, 2.45) is 5.92 Å². The van der Waals surface area contributed by atoms with E-state index in [2.05, 4.69) is 0 Å². The zero-order chi connectivity index (χ0) is 16.8. The number of rotatable bonds is 6. The van der Waals surface area contributed by atoms with Gasteiger partial charge in [-0.25, -0.2) is 4.79 Å². The van der Waals surface area contributed by atoms with Crippen molar-refractivity contribution in [2.75, 3.05) is 13.3 Å². The molecule has 1 rings (SSSR count). The molecule has 1 aliphatic carbocycles. The molecule has 0 atom stereocenters. The molecule has 0 aromatic carbocycles. The van der Waals surface area contributed by atoms with Gasteiger partial charge in [0.15, 0.2) is 0 Å². The van der Waals surface area contributed by atoms with Crippen LogP contribution in [0.1, 0.15) is 52.9 Å². The summed E-state index contributed by atoms with van der Waals surface area (Å²) in [6.07, 6.45) is 3.88. The molecule has 0 aromatic heterocycles. The summed E-state index contributed by atoms with van der Waals surface area (Å²) in [6, 6.07) is 0. The number of hydrogen-bond acceptors (Lipinski definition) is 5. The van der Waals surface area contributed by atoms with Crippen LogP contribution >= 0.6 is 0 Å². The topological polar surface area (TPSA) is 93.1 Å². The molecule has 1 amide bonds. The minimum Gasteiger partial charge on any atom is -0.480 e. The van der Waals surface area contributed by atoms with E-state index in [9.17, 15) is 14.4 Å². The Morgan fingerprint density at radius 2 is 1.73 bits per heavy atom. The fourth-order valence-corrected chi connectivity index (χ4v) is 2.44. The van der Waals surface area contributed by atoms with E-state index < -0.39 is 30.9 Å². The fourth-order valence-electron chi connectivity index (χ4n) is 2.44. The van der Waals surface area contributed by atoms with E-state index in [-0.39, 0.29) is 5.97 Å². The lowest BCUT2D eigenvalue weighted by Gasteiger charge is -2.33. The first kappa shape index (κ1) is 18.3. The Bertz CT molecular complexity index is 409. The third kappa shape index (κ3) is 6.32. The molecule has 0 spiro atoms. The Labute approximate surface area is 130 Å². The van der Waals surface area contributed by atoms with Crippen molar-refractivity contribution in [3.63, 3.8) is 0 Å². The number of nitrogens with zero attached hydrogens (tertiary/aromatic N) is 1. The minimum absolute atomic E-state index is 0.343. The molecule has 7 heteroatoms. The van der Waals surface area contributed by atoms with Crippen LogP contribution in [0.3, 0.4) is 0 Å². The number of carbonyl (C=O) groups excluding carboxylic acids is 2. The van der Waals surface area contributed by atoms with Crippen LogP contribution in [0, 0.1) is 5.92 Å². The van der Waals surface area contributed by atoms with E-state index in [0.29, 0.717) is 12.3 Å². The van der Waals surface area contributed by atoms with Gasteiger partial charge in [0.2, 0.25) is 6.79 Å². The molecular weight excluding hydrogens is 290 g/mol. The standard InChI is InChI=1S/C15H25NO6/c1-15(2,3)16(9-12(17)18)14(20)22-10-21-13(19)8-11-6-4-5-7-11/h11H,4-10H2,1-3H3,(H,17,18). The number of carboxylic acid groups (broad SMARTS) is 1. The second-order valence-electron chi connectivity index (χ2n) is 6.55. The Morgan fingerprint density at radius 3 is 2.23 bits per heavy atom. The molecule has 126 valence electrons. The molecule has 0 radical (unpaired) electrons. The first-order valence-electron chi connectivity index (χ1n) is 7.52. The summed E-state index contributed by atoms with van der Waals surface area (Å²) in [6.45, 7) is 4.13. The zero-order valence-corrected chi connectivity index (χ0v) is 13.5. The van der Waals surface area contributed by atoms with Gasteiger partial charge in [0.05, 0.1) is 0 Å². The van der Waals surface area contributed by atoms with Gasteiger partial charge in [0.25, 0.3) is 0 Å². The first-order chi connectivity index (χ1) is 10.2. The maximum absolute atomic E-state index is 11.9. The Kier molecular flexibility index (Phi) is 6.64. The summed E-state index contributed by atoms with van der Waals surface area (Å²) in [7, 11) is 0. The van der Waals surface area contributed by atoms with Crippen molar-refractivity contribution >= 4 is 18.0 Å². The summed E-state index contributed by atoms with van der Waals surface area (Å²) < 4.78 is 9.73. The summed E-state index contributed by atoms with van der Waals surface area (Å²) >= 11 is 0. The van der Waals surface area contributed by atoms with E-state index >= 15 is 0 Å². The minimum atomic E-state index is -1.13. The van der Waals surface area contributed by atoms with Crippen molar-refractivity contribution in [1.29, 1.82) is 0 Å². The molecule has 0 aliphatic heterocycles. The lowest BCUT2D eigenvalue weighted by Crippen LogP contribution is -2.48. The van der Waals surface area contributed by atoms with Gasteiger partial charge in [-0.1, -0.05) is 12.8 Å². The predicted molar refractivity (Wildman–Crippen MR) is 78.1 cm³/mol. The molecule has 0 unspecified atom stereocenters. The number of ether oxygens (including phenoxy) is 2. The van der Waals surface area contributed by atoms with Gasteiger partial charge >= 0.3 is 18.0 Å². The molecular formula is C15H25NO6. The molecule has 22 heavy (non-hydrogen) atoms. The highest BCUT2D eigenvalue weighted by Crippen LogP contribution is 2.27. The van der Waals surface area contributed by atoms with Gasteiger partial charge in [-0.3, -0.25) is 14.5 Å². The van der Waals surface area contributed by atoms with Gasteiger partial charge in [-0.05, 0) is 39.5 Å². The molecule has 0 bridgehead atoms. The maximum atomic E-state index is 11.9. The molecule has 0 heterocycles. The lowest BCUT2D eigenvalue weighted by atomic mass is 10.1. The van der Waals surface area contributed by atoms with Gasteiger partial charge in [0.1, 0.15) is 6.54 Å². The second kappa shape index (κ2) is 8.00. The number of amides is 1.